The summed E-state index contributed by atoms with van der Waals surface area (Å²) in [4.78, 5) is 12.3. The van der Waals surface area contributed by atoms with Crippen LogP contribution < -0.4 is 5.32 Å². The van der Waals surface area contributed by atoms with Crippen LogP contribution in [0.2, 0.25) is 0 Å². The second-order valence-electron chi connectivity index (χ2n) is 4.79. The van der Waals surface area contributed by atoms with Gasteiger partial charge in [-0.25, -0.2) is 0 Å². The average molecular weight is 324 g/mol. The molecule has 3 aromatic rings. The van der Waals surface area contributed by atoms with E-state index in [1.54, 1.807) is 17.7 Å². The average Bonchev–Trinajstić information content (AvgIpc) is 3.01. The molecule has 0 unspecified atom stereocenters. The van der Waals surface area contributed by atoms with E-state index >= 15 is 0 Å². The van der Waals surface area contributed by atoms with E-state index in [2.05, 4.69) is 5.32 Å². The smallest absolute Gasteiger partial charge is 0.339 e. The predicted octanol–water partition coefficient (Wildman–Crippen LogP) is 4.51. The molecule has 0 radical (unpaired) electrons. The lowest BCUT2D eigenvalue weighted by molar-refractivity contribution is -0.137. The van der Waals surface area contributed by atoms with E-state index in [4.69, 9.17) is 0 Å². The highest BCUT2D eigenvalue weighted by Crippen LogP contribution is 2.31. The van der Waals surface area contributed by atoms with Crippen LogP contribution in [0.3, 0.4) is 0 Å². The topological polar surface area (TPSA) is 34.0 Å². The van der Waals surface area contributed by atoms with Gasteiger partial charge in [-0.3, -0.25) is 4.79 Å². The van der Waals surface area contributed by atoms with Crippen LogP contribution in [0.1, 0.15) is 16.1 Å². The minimum atomic E-state index is -4.44. The maximum Gasteiger partial charge on any atom is 0.416 e. The Kier molecular flexibility index (Phi) is 3.44. The SMILES string of the molecule is Cn1c(C(=O)Nc2cccc(C(F)(F)F)c2)cc2sccc21. The number of carbonyl (C=O) groups excluding carboxylic acids is 1. The molecule has 7 heteroatoms. The number of fused-ring (bicyclic) bond motifs is 1. The Morgan fingerprint density at radius 3 is 2.68 bits per heavy atom. The summed E-state index contributed by atoms with van der Waals surface area (Å²) in [5.74, 6) is -0.440. The van der Waals surface area contributed by atoms with Crippen molar-refractivity contribution in [1.82, 2.24) is 4.57 Å². The zero-order valence-corrected chi connectivity index (χ0v) is 12.3. The molecule has 1 N–H and O–H groups in total. The van der Waals surface area contributed by atoms with Crippen molar-refractivity contribution in [3.8, 4) is 0 Å². The van der Waals surface area contributed by atoms with Crippen LogP contribution in [0, 0.1) is 0 Å². The van der Waals surface area contributed by atoms with E-state index in [0.717, 1.165) is 22.3 Å². The van der Waals surface area contributed by atoms with Crippen LogP contribution in [0.4, 0.5) is 18.9 Å². The second kappa shape index (κ2) is 5.17. The molecular weight excluding hydrogens is 313 g/mol. The van der Waals surface area contributed by atoms with Crippen molar-refractivity contribution in [1.29, 1.82) is 0 Å². The Balaban J connectivity index is 1.88. The summed E-state index contributed by atoms with van der Waals surface area (Å²) in [7, 11) is 1.75. The lowest BCUT2D eigenvalue weighted by Crippen LogP contribution is -2.16. The molecule has 0 atom stereocenters. The quantitative estimate of drug-likeness (QED) is 0.739. The molecule has 2 heterocycles. The van der Waals surface area contributed by atoms with Gasteiger partial charge >= 0.3 is 6.18 Å². The van der Waals surface area contributed by atoms with Gasteiger partial charge in [-0.2, -0.15) is 13.2 Å². The largest absolute Gasteiger partial charge is 0.416 e. The minimum absolute atomic E-state index is 0.115. The maximum atomic E-state index is 12.7. The van der Waals surface area contributed by atoms with Crippen molar-refractivity contribution < 1.29 is 18.0 Å². The van der Waals surface area contributed by atoms with E-state index in [9.17, 15) is 18.0 Å². The van der Waals surface area contributed by atoms with Crippen LogP contribution in [0.25, 0.3) is 10.2 Å². The molecule has 0 saturated carbocycles. The molecule has 3 nitrogen and oxygen atoms in total. The first kappa shape index (κ1) is 14.6. The molecule has 0 spiro atoms. The number of anilines is 1. The predicted molar refractivity (Wildman–Crippen MR) is 80.2 cm³/mol. The number of nitrogens with zero attached hydrogens (tertiary/aromatic N) is 1. The van der Waals surface area contributed by atoms with Gasteiger partial charge in [0.2, 0.25) is 0 Å². The number of halogens is 3. The van der Waals surface area contributed by atoms with Crippen molar-refractivity contribution in [3.05, 3.63) is 53.0 Å². The van der Waals surface area contributed by atoms with Crippen molar-refractivity contribution in [2.75, 3.05) is 5.32 Å². The summed E-state index contributed by atoms with van der Waals surface area (Å²) in [6.45, 7) is 0. The Morgan fingerprint density at radius 1 is 1.23 bits per heavy atom. The van der Waals surface area contributed by atoms with Crippen molar-refractivity contribution >= 4 is 33.1 Å². The van der Waals surface area contributed by atoms with Gasteiger partial charge in [0.1, 0.15) is 5.69 Å². The highest BCUT2D eigenvalue weighted by molar-refractivity contribution is 7.17. The van der Waals surface area contributed by atoms with Crippen LogP contribution in [0.5, 0.6) is 0 Å². The number of benzene rings is 1. The van der Waals surface area contributed by atoms with Gasteiger partial charge in [0.05, 0.1) is 15.8 Å². The molecule has 0 bridgehead atoms. The van der Waals surface area contributed by atoms with Crippen LogP contribution >= 0.6 is 11.3 Å². The summed E-state index contributed by atoms with van der Waals surface area (Å²) in [5.41, 5.74) is 0.640. The zero-order chi connectivity index (χ0) is 15.9. The molecule has 2 aromatic heterocycles. The van der Waals surface area contributed by atoms with Crippen molar-refractivity contribution in [3.63, 3.8) is 0 Å². The van der Waals surface area contributed by atoms with Gasteiger partial charge in [0.25, 0.3) is 5.91 Å². The number of nitrogens with one attached hydrogen (secondary N) is 1. The summed E-state index contributed by atoms with van der Waals surface area (Å²) in [6.07, 6.45) is -4.44. The summed E-state index contributed by atoms with van der Waals surface area (Å²) < 4.78 is 40.7. The van der Waals surface area contributed by atoms with Gasteiger partial charge in [0.15, 0.2) is 0 Å². The van der Waals surface area contributed by atoms with E-state index in [1.165, 1.54) is 23.5 Å². The van der Waals surface area contributed by atoms with Crippen LogP contribution in [0.15, 0.2) is 41.8 Å². The Morgan fingerprint density at radius 2 is 2.00 bits per heavy atom. The number of aryl methyl sites for hydroxylation is 1. The molecule has 114 valence electrons. The lowest BCUT2D eigenvalue weighted by atomic mass is 10.2. The number of alkyl halides is 3. The number of amides is 1. The molecule has 3 rings (SSSR count). The second-order valence-corrected chi connectivity index (χ2v) is 5.74. The van der Waals surface area contributed by atoms with Crippen molar-refractivity contribution in [2.24, 2.45) is 7.05 Å². The monoisotopic (exact) mass is 324 g/mol. The van der Waals surface area contributed by atoms with Gasteiger partial charge in [-0.1, -0.05) is 6.07 Å². The molecule has 22 heavy (non-hydrogen) atoms. The summed E-state index contributed by atoms with van der Waals surface area (Å²) in [6, 6.07) is 8.20. The fourth-order valence-electron chi connectivity index (χ4n) is 2.24. The normalized spacial score (nSPS) is 11.8. The number of hydrogen-bond acceptors (Lipinski definition) is 2. The number of rotatable bonds is 2. The number of aromatic nitrogens is 1. The summed E-state index contributed by atoms with van der Waals surface area (Å²) >= 11 is 1.50. The molecule has 0 aliphatic carbocycles. The fraction of sp³-hybridized carbons (Fsp3) is 0.133. The summed E-state index contributed by atoms with van der Waals surface area (Å²) in [5, 5.41) is 4.42. The lowest BCUT2D eigenvalue weighted by Gasteiger charge is -2.10. The molecule has 0 fully saturated rings. The third-order valence-corrected chi connectivity index (χ3v) is 4.20. The Hall–Kier alpha value is -2.28. The first-order chi connectivity index (χ1) is 10.4. The maximum absolute atomic E-state index is 12.7. The molecule has 0 saturated heterocycles. The molecule has 0 aliphatic rings. The van der Waals surface area contributed by atoms with Gasteiger partial charge in [-0.05, 0) is 35.7 Å². The molecule has 1 amide bonds. The number of hydrogen-bond donors (Lipinski definition) is 1. The molecular formula is C15H11F3N2OS. The third kappa shape index (κ3) is 2.59. The van der Waals surface area contributed by atoms with E-state index in [0.29, 0.717) is 5.69 Å². The Labute approximate surface area is 128 Å². The fourth-order valence-corrected chi connectivity index (χ4v) is 3.09. The highest BCUT2D eigenvalue weighted by atomic mass is 32.1. The molecule has 0 aliphatic heterocycles. The van der Waals surface area contributed by atoms with E-state index < -0.39 is 17.6 Å². The van der Waals surface area contributed by atoms with Crippen LogP contribution in [-0.2, 0) is 13.2 Å². The molecule has 1 aromatic carbocycles. The van der Waals surface area contributed by atoms with E-state index in [1.807, 2.05) is 11.4 Å². The third-order valence-electron chi connectivity index (χ3n) is 3.34. The standard InChI is InChI=1S/C15H11F3N2OS/c1-20-11-5-6-22-13(11)8-12(20)14(21)19-10-4-2-3-9(7-10)15(16,17)18/h2-8H,1H3,(H,19,21). The first-order valence-corrected chi connectivity index (χ1v) is 7.26. The van der Waals surface area contributed by atoms with Gasteiger partial charge in [0, 0.05) is 12.7 Å². The minimum Gasteiger partial charge on any atom is -0.339 e. The highest BCUT2D eigenvalue weighted by Gasteiger charge is 2.30. The zero-order valence-electron chi connectivity index (χ0n) is 11.4. The number of carbonyl (C=O) groups is 1. The number of thiophene rings is 1. The van der Waals surface area contributed by atoms with Gasteiger partial charge in [-0.15, -0.1) is 11.3 Å². The van der Waals surface area contributed by atoms with E-state index in [-0.39, 0.29) is 5.69 Å². The van der Waals surface area contributed by atoms with Gasteiger partial charge < -0.3 is 9.88 Å². The van der Waals surface area contributed by atoms with Crippen molar-refractivity contribution in [2.45, 2.75) is 6.18 Å². The first-order valence-electron chi connectivity index (χ1n) is 6.38. The Bertz CT molecular complexity index is 848. The van der Waals surface area contributed by atoms with Crippen LogP contribution in [-0.4, -0.2) is 10.5 Å².